The fourth-order valence-corrected chi connectivity index (χ4v) is 5.17. The number of hydrogen-bond donors (Lipinski definition) is 0. The summed E-state index contributed by atoms with van der Waals surface area (Å²) in [6, 6.07) is 53.5. The fourth-order valence-electron chi connectivity index (χ4n) is 5.17. The standard InChI is InChI=1S/C38H25N3O/c39-26-27-10-12-29(13-11-27)31-16-22-34(23-17-31)41(33-20-14-30(15-21-33)28-6-2-1-3-7-28)35-24-18-32(19-25-35)38-40-36-8-4-5-9-37(36)42-38/h1-25H. The molecule has 7 aromatic rings. The third-order valence-corrected chi connectivity index (χ3v) is 7.37. The Hall–Kier alpha value is -5.92. The second-order valence-electron chi connectivity index (χ2n) is 10.0. The zero-order chi connectivity index (χ0) is 28.3. The number of hydrogen-bond acceptors (Lipinski definition) is 4. The first-order valence-corrected chi connectivity index (χ1v) is 13.8. The minimum atomic E-state index is 0.605. The molecule has 4 nitrogen and oxygen atoms in total. The van der Waals surface area contributed by atoms with Crippen LogP contribution in [0.2, 0.25) is 0 Å². The van der Waals surface area contributed by atoms with E-state index in [0.29, 0.717) is 11.5 Å². The summed E-state index contributed by atoms with van der Waals surface area (Å²) in [5.41, 5.74) is 10.8. The van der Waals surface area contributed by atoms with Crippen molar-refractivity contribution in [2.75, 3.05) is 4.90 Å². The summed E-state index contributed by atoms with van der Waals surface area (Å²) in [7, 11) is 0. The van der Waals surface area contributed by atoms with Gasteiger partial charge in [-0.3, -0.25) is 0 Å². The normalized spacial score (nSPS) is 10.8. The second-order valence-corrected chi connectivity index (χ2v) is 10.0. The van der Waals surface area contributed by atoms with Crippen LogP contribution in [0.1, 0.15) is 5.56 Å². The van der Waals surface area contributed by atoms with Gasteiger partial charge in [-0.2, -0.15) is 5.26 Å². The highest BCUT2D eigenvalue weighted by atomic mass is 16.3. The molecular weight excluding hydrogens is 514 g/mol. The van der Waals surface area contributed by atoms with Crippen molar-refractivity contribution in [2.45, 2.75) is 0 Å². The van der Waals surface area contributed by atoms with Gasteiger partial charge in [0, 0.05) is 22.6 Å². The van der Waals surface area contributed by atoms with Crippen LogP contribution in [0.3, 0.4) is 0 Å². The lowest BCUT2D eigenvalue weighted by Crippen LogP contribution is -2.09. The van der Waals surface area contributed by atoms with E-state index in [1.165, 1.54) is 11.1 Å². The Morgan fingerprint density at radius 2 is 0.929 bits per heavy atom. The molecule has 0 saturated heterocycles. The molecule has 0 amide bonds. The van der Waals surface area contributed by atoms with Crippen LogP contribution in [0, 0.1) is 11.3 Å². The van der Waals surface area contributed by atoms with Crippen LogP contribution in [-0.2, 0) is 0 Å². The Kier molecular flexibility index (Phi) is 6.52. The Labute approximate surface area is 244 Å². The molecule has 1 aromatic heterocycles. The summed E-state index contributed by atoms with van der Waals surface area (Å²) in [5.74, 6) is 0.605. The summed E-state index contributed by atoms with van der Waals surface area (Å²) >= 11 is 0. The zero-order valence-corrected chi connectivity index (χ0v) is 22.7. The molecule has 4 heteroatoms. The molecule has 0 unspecified atom stereocenters. The zero-order valence-electron chi connectivity index (χ0n) is 22.7. The third-order valence-electron chi connectivity index (χ3n) is 7.37. The molecule has 6 aromatic carbocycles. The first-order chi connectivity index (χ1) is 20.7. The van der Waals surface area contributed by atoms with Crippen LogP contribution in [0.25, 0.3) is 44.8 Å². The molecule has 0 spiro atoms. The van der Waals surface area contributed by atoms with Crippen molar-refractivity contribution in [3.05, 3.63) is 157 Å². The van der Waals surface area contributed by atoms with Crippen molar-refractivity contribution in [3.63, 3.8) is 0 Å². The third kappa shape index (κ3) is 4.92. The number of fused-ring (bicyclic) bond motifs is 1. The van der Waals surface area contributed by atoms with Crippen LogP contribution in [0.15, 0.2) is 156 Å². The van der Waals surface area contributed by atoms with E-state index in [1.807, 2.05) is 54.6 Å². The molecule has 42 heavy (non-hydrogen) atoms. The van der Waals surface area contributed by atoms with Gasteiger partial charge in [0.05, 0.1) is 11.6 Å². The first-order valence-electron chi connectivity index (χ1n) is 13.8. The van der Waals surface area contributed by atoms with E-state index in [4.69, 9.17) is 9.68 Å². The predicted molar refractivity (Wildman–Crippen MR) is 170 cm³/mol. The fraction of sp³-hybridized carbons (Fsp3) is 0. The van der Waals surface area contributed by atoms with Gasteiger partial charge in [-0.1, -0.05) is 78.9 Å². The van der Waals surface area contributed by atoms with Crippen LogP contribution in [-0.4, -0.2) is 4.98 Å². The number of nitriles is 1. The lowest BCUT2D eigenvalue weighted by molar-refractivity contribution is 0.620. The summed E-state index contributed by atoms with van der Waals surface area (Å²) < 4.78 is 6.01. The smallest absolute Gasteiger partial charge is 0.227 e. The summed E-state index contributed by atoms with van der Waals surface area (Å²) in [6.07, 6.45) is 0. The summed E-state index contributed by atoms with van der Waals surface area (Å²) in [5, 5.41) is 9.15. The van der Waals surface area contributed by atoms with Gasteiger partial charge >= 0.3 is 0 Å². The van der Waals surface area contributed by atoms with Gasteiger partial charge in [0.1, 0.15) is 5.52 Å². The molecule has 0 saturated carbocycles. The van der Waals surface area contributed by atoms with E-state index in [9.17, 15) is 0 Å². The molecule has 0 aliphatic heterocycles. The largest absolute Gasteiger partial charge is 0.436 e. The lowest BCUT2D eigenvalue weighted by Gasteiger charge is -2.26. The molecular formula is C38H25N3O. The van der Waals surface area contributed by atoms with E-state index < -0.39 is 0 Å². The lowest BCUT2D eigenvalue weighted by atomic mass is 10.0. The molecule has 198 valence electrons. The Morgan fingerprint density at radius 3 is 1.45 bits per heavy atom. The number of rotatable bonds is 6. The number of oxazole rings is 1. The summed E-state index contributed by atoms with van der Waals surface area (Å²) in [4.78, 5) is 6.91. The van der Waals surface area contributed by atoms with E-state index in [1.54, 1.807) is 0 Å². The molecule has 0 N–H and O–H groups in total. The van der Waals surface area contributed by atoms with E-state index in [2.05, 4.69) is 113 Å². The Bertz CT molecular complexity index is 1970. The molecule has 0 bridgehead atoms. The number of nitrogens with zero attached hydrogens (tertiary/aromatic N) is 3. The number of anilines is 3. The van der Waals surface area contributed by atoms with Gasteiger partial charge in [-0.05, 0) is 95.1 Å². The van der Waals surface area contributed by atoms with Crippen molar-refractivity contribution in [1.82, 2.24) is 4.98 Å². The van der Waals surface area contributed by atoms with E-state index in [0.717, 1.165) is 44.9 Å². The van der Waals surface area contributed by atoms with Gasteiger partial charge in [0.25, 0.3) is 0 Å². The molecule has 1 heterocycles. The highest BCUT2D eigenvalue weighted by Crippen LogP contribution is 2.37. The van der Waals surface area contributed by atoms with Gasteiger partial charge in [-0.15, -0.1) is 0 Å². The van der Waals surface area contributed by atoms with Gasteiger partial charge in [0.2, 0.25) is 5.89 Å². The molecule has 0 atom stereocenters. The predicted octanol–water partition coefficient (Wildman–Crippen LogP) is 10.2. The van der Waals surface area contributed by atoms with Crippen LogP contribution < -0.4 is 4.90 Å². The van der Waals surface area contributed by atoms with Crippen molar-refractivity contribution < 1.29 is 4.42 Å². The maximum Gasteiger partial charge on any atom is 0.227 e. The molecule has 0 fully saturated rings. The number of benzene rings is 6. The van der Waals surface area contributed by atoms with Crippen LogP contribution >= 0.6 is 0 Å². The minimum Gasteiger partial charge on any atom is -0.436 e. The van der Waals surface area contributed by atoms with Crippen molar-refractivity contribution in [1.29, 1.82) is 5.26 Å². The number of aromatic nitrogens is 1. The van der Waals surface area contributed by atoms with E-state index >= 15 is 0 Å². The average Bonchev–Trinajstić information content (AvgIpc) is 3.51. The minimum absolute atomic E-state index is 0.605. The second kappa shape index (κ2) is 10.9. The van der Waals surface area contributed by atoms with Crippen molar-refractivity contribution >= 4 is 28.2 Å². The monoisotopic (exact) mass is 539 g/mol. The Balaban J connectivity index is 1.25. The highest BCUT2D eigenvalue weighted by molar-refractivity contribution is 5.81. The van der Waals surface area contributed by atoms with Crippen LogP contribution in [0.5, 0.6) is 0 Å². The number of para-hydroxylation sites is 2. The molecule has 0 radical (unpaired) electrons. The quantitative estimate of drug-likeness (QED) is 0.211. The van der Waals surface area contributed by atoms with Crippen molar-refractivity contribution in [2.24, 2.45) is 0 Å². The van der Waals surface area contributed by atoms with Gasteiger partial charge in [0.15, 0.2) is 5.58 Å². The SMILES string of the molecule is N#Cc1ccc(-c2ccc(N(c3ccc(-c4ccccc4)cc3)c3ccc(-c4nc5ccccc5o4)cc3)cc2)cc1. The topological polar surface area (TPSA) is 53.1 Å². The Morgan fingerprint density at radius 1 is 0.476 bits per heavy atom. The van der Waals surface area contributed by atoms with Gasteiger partial charge < -0.3 is 9.32 Å². The molecule has 0 aliphatic rings. The van der Waals surface area contributed by atoms with Crippen molar-refractivity contribution in [3.8, 4) is 39.8 Å². The first kappa shape index (κ1) is 25.1. The molecule has 0 aliphatic carbocycles. The van der Waals surface area contributed by atoms with Crippen LogP contribution in [0.4, 0.5) is 17.1 Å². The maximum absolute atomic E-state index is 9.15. The summed E-state index contributed by atoms with van der Waals surface area (Å²) in [6.45, 7) is 0. The highest BCUT2D eigenvalue weighted by Gasteiger charge is 2.15. The van der Waals surface area contributed by atoms with E-state index in [-0.39, 0.29) is 0 Å². The van der Waals surface area contributed by atoms with Gasteiger partial charge in [-0.25, -0.2) is 4.98 Å². The average molecular weight is 540 g/mol. The maximum atomic E-state index is 9.15. The molecule has 7 rings (SSSR count).